The number of benzene rings is 3. The van der Waals surface area contributed by atoms with Gasteiger partial charge in [0.05, 0.1) is 10.5 Å². The standard InChI is InChI=1S/C27H25N5O5S/c1-16-5-10-24-20(13-16)29-26(37-24)19-8-7-18(15-23(19)33)28-27(38)30-25(34)17-6-9-21(22(14-17)32(35)36)31-11-3-2-4-12-31/h5-10,13-15,33H,2-4,11-12H2,1H3,(H2,28,30,34,38). The van der Waals surface area contributed by atoms with Gasteiger partial charge in [0.2, 0.25) is 5.89 Å². The van der Waals surface area contributed by atoms with Gasteiger partial charge in [-0.2, -0.15) is 0 Å². The molecule has 1 aliphatic rings. The van der Waals surface area contributed by atoms with Crippen molar-refractivity contribution in [2.75, 3.05) is 23.3 Å². The number of thiocarbonyl (C=S) groups is 1. The summed E-state index contributed by atoms with van der Waals surface area (Å²) in [5.74, 6) is -0.394. The number of rotatable bonds is 5. The van der Waals surface area contributed by atoms with E-state index in [0.29, 0.717) is 28.0 Å². The second-order valence-electron chi connectivity index (χ2n) is 9.14. The lowest BCUT2D eigenvalue weighted by Gasteiger charge is -2.28. The van der Waals surface area contributed by atoms with Gasteiger partial charge < -0.3 is 19.7 Å². The fourth-order valence-corrected chi connectivity index (χ4v) is 4.70. The van der Waals surface area contributed by atoms with Gasteiger partial charge in [-0.1, -0.05) is 6.07 Å². The summed E-state index contributed by atoms with van der Waals surface area (Å²) in [7, 11) is 0. The van der Waals surface area contributed by atoms with Crippen LogP contribution in [-0.2, 0) is 0 Å². The van der Waals surface area contributed by atoms with Gasteiger partial charge in [-0.15, -0.1) is 0 Å². The first-order valence-corrected chi connectivity index (χ1v) is 12.6. The number of aryl methyl sites for hydroxylation is 1. The number of amides is 1. The maximum absolute atomic E-state index is 12.8. The van der Waals surface area contributed by atoms with E-state index in [1.165, 1.54) is 12.1 Å². The third-order valence-electron chi connectivity index (χ3n) is 6.39. The minimum atomic E-state index is -0.585. The zero-order chi connectivity index (χ0) is 26.8. The fraction of sp³-hybridized carbons (Fsp3) is 0.222. The van der Waals surface area contributed by atoms with Crippen molar-refractivity contribution in [2.24, 2.45) is 0 Å². The van der Waals surface area contributed by atoms with Gasteiger partial charge in [0, 0.05) is 36.5 Å². The number of nitrogens with zero attached hydrogens (tertiary/aromatic N) is 3. The highest BCUT2D eigenvalue weighted by atomic mass is 32.1. The molecule has 194 valence electrons. The number of nitro benzene ring substituents is 1. The van der Waals surface area contributed by atoms with Gasteiger partial charge in [0.1, 0.15) is 17.0 Å². The molecule has 0 saturated carbocycles. The first-order chi connectivity index (χ1) is 18.3. The number of hydrogen-bond acceptors (Lipinski definition) is 8. The van der Waals surface area contributed by atoms with E-state index in [-0.39, 0.29) is 28.0 Å². The Bertz CT molecular complexity index is 1560. The maximum atomic E-state index is 12.8. The Morgan fingerprint density at radius 1 is 1.11 bits per heavy atom. The lowest BCUT2D eigenvalue weighted by molar-refractivity contribution is -0.384. The van der Waals surface area contributed by atoms with Crippen molar-refractivity contribution >= 4 is 51.4 Å². The molecule has 2 heterocycles. The highest BCUT2D eigenvalue weighted by Crippen LogP contribution is 2.34. The van der Waals surface area contributed by atoms with Crippen LogP contribution in [0.1, 0.15) is 35.2 Å². The molecule has 5 rings (SSSR count). The molecule has 0 aliphatic carbocycles. The highest BCUT2D eigenvalue weighted by molar-refractivity contribution is 7.80. The second-order valence-corrected chi connectivity index (χ2v) is 9.55. The van der Waals surface area contributed by atoms with Crippen LogP contribution in [0.3, 0.4) is 0 Å². The van der Waals surface area contributed by atoms with Crippen molar-refractivity contribution < 1.29 is 19.2 Å². The zero-order valence-corrected chi connectivity index (χ0v) is 21.4. The van der Waals surface area contributed by atoms with Crippen molar-refractivity contribution in [1.29, 1.82) is 0 Å². The fourth-order valence-electron chi connectivity index (χ4n) is 4.49. The molecule has 1 amide bonds. The molecule has 4 aromatic rings. The van der Waals surface area contributed by atoms with Gasteiger partial charge in [-0.25, -0.2) is 4.98 Å². The number of carbonyl (C=O) groups excluding carboxylic acids is 1. The molecule has 3 aromatic carbocycles. The molecule has 11 heteroatoms. The summed E-state index contributed by atoms with van der Waals surface area (Å²) >= 11 is 5.25. The normalized spacial score (nSPS) is 13.3. The summed E-state index contributed by atoms with van der Waals surface area (Å²) in [6, 6.07) is 14.8. The number of aromatic nitrogens is 1. The number of piperidine rings is 1. The predicted octanol–water partition coefficient (Wildman–Crippen LogP) is 5.53. The van der Waals surface area contributed by atoms with Crippen LogP contribution in [0.4, 0.5) is 17.1 Å². The SMILES string of the molecule is Cc1ccc2oc(-c3ccc(NC(=S)NC(=O)c4ccc(N5CCCCC5)c([N+](=O)[O-])c4)cc3O)nc2c1. The number of phenols is 1. The van der Waals surface area contributed by atoms with Crippen LogP contribution in [0.5, 0.6) is 5.75 Å². The van der Waals surface area contributed by atoms with E-state index in [4.69, 9.17) is 16.6 Å². The number of phenolic OH excluding ortho intramolecular Hbond substituents is 1. The highest BCUT2D eigenvalue weighted by Gasteiger charge is 2.23. The predicted molar refractivity (Wildman–Crippen MR) is 149 cm³/mol. The average molecular weight is 532 g/mol. The Labute approximate surface area is 223 Å². The Kier molecular flexibility index (Phi) is 6.93. The Hall–Kier alpha value is -4.51. The summed E-state index contributed by atoms with van der Waals surface area (Å²) in [4.78, 5) is 30.4. The van der Waals surface area contributed by atoms with Gasteiger partial charge in [0.25, 0.3) is 11.6 Å². The van der Waals surface area contributed by atoms with Crippen molar-refractivity contribution in [1.82, 2.24) is 10.3 Å². The smallest absolute Gasteiger partial charge is 0.293 e. The number of hydrogen-bond donors (Lipinski definition) is 3. The molecule has 1 aliphatic heterocycles. The number of carbonyl (C=O) groups is 1. The van der Waals surface area contributed by atoms with Gasteiger partial charge in [0.15, 0.2) is 10.7 Å². The van der Waals surface area contributed by atoms with Crippen LogP contribution >= 0.6 is 12.2 Å². The van der Waals surface area contributed by atoms with Crippen LogP contribution in [0.25, 0.3) is 22.6 Å². The number of aromatic hydroxyl groups is 1. The lowest BCUT2D eigenvalue weighted by atomic mass is 10.1. The van der Waals surface area contributed by atoms with Crippen molar-refractivity contribution in [3.05, 3.63) is 75.8 Å². The summed E-state index contributed by atoms with van der Waals surface area (Å²) < 4.78 is 5.76. The molecule has 1 fully saturated rings. The van der Waals surface area contributed by atoms with Gasteiger partial charge in [-0.05, 0) is 80.4 Å². The van der Waals surface area contributed by atoms with Crippen molar-refractivity contribution in [3.63, 3.8) is 0 Å². The third-order valence-corrected chi connectivity index (χ3v) is 6.59. The molecule has 0 atom stereocenters. The van der Waals surface area contributed by atoms with Gasteiger partial charge in [-0.3, -0.25) is 20.2 Å². The summed E-state index contributed by atoms with van der Waals surface area (Å²) in [6.45, 7) is 3.45. The molecule has 10 nitrogen and oxygen atoms in total. The largest absolute Gasteiger partial charge is 0.507 e. The second kappa shape index (κ2) is 10.5. The number of nitro groups is 1. The Morgan fingerprint density at radius 3 is 2.63 bits per heavy atom. The van der Waals surface area contributed by atoms with Crippen LogP contribution in [-0.4, -0.2) is 39.1 Å². The Morgan fingerprint density at radius 2 is 1.89 bits per heavy atom. The average Bonchev–Trinajstić information content (AvgIpc) is 3.31. The van der Waals surface area contributed by atoms with E-state index in [9.17, 15) is 20.0 Å². The van der Waals surface area contributed by atoms with E-state index in [0.717, 1.165) is 37.9 Å². The molecule has 38 heavy (non-hydrogen) atoms. The molecule has 0 spiro atoms. The van der Waals surface area contributed by atoms with Gasteiger partial charge >= 0.3 is 0 Å². The number of oxazole rings is 1. The molecule has 0 radical (unpaired) electrons. The van der Waals surface area contributed by atoms with E-state index in [1.807, 2.05) is 30.0 Å². The first kappa shape index (κ1) is 25.2. The van der Waals surface area contributed by atoms with E-state index < -0.39 is 10.8 Å². The van der Waals surface area contributed by atoms with Crippen LogP contribution < -0.4 is 15.5 Å². The summed E-state index contributed by atoms with van der Waals surface area (Å²) in [5, 5.41) is 27.6. The minimum Gasteiger partial charge on any atom is -0.507 e. The minimum absolute atomic E-state index is 0.0257. The van der Waals surface area contributed by atoms with E-state index in [2.05, 4.69) is 15.6 Å². The third kappa shape index (κ3) is 5.28. The number of anilines is 2. The maximum Gasteiger partial charge on any atom is 0.293 e. The number of nitrogens with one attached hydrogen (secondary N) is 2. The van der Waals surface area contributed by atoms with Crippen molar-refractivity contribution in [3.8, 4) is 17.2 Å². The number of fused-ring (bicyclic) bond motifs is 1. The molecule has 3 N–H and O–H groups in total. The molecular formula is C27H25N5O5S. The molecule has 1 aromatic heterocycles. The van der Waals surface area contributed by atoms with Crippen LogP contribution in [0.2, 0.25) is 0 Å². The molecule has 0 bridgehead atoms. The zero-order valence-electron chi connectivity index (χ0n) is 20.6. The van der Waals surface area contributed by atoms with E-state index >= 15 is 0 Å². The van der Waals surface area contributed by atoms with Crippen LogP contribution in [0, 0.1) is 17.0 Å². The van der Waals surface area contributed by atoms with Crippen LogP contribution in [0.15, 0.2) is 59.0 Å². The summed E-state index contributed by atoms with van der Waals surface area (Å²) in [6.07, 6.45) is 3.06. The quantitative estimate of drug-likeness (QED) is 0.172. The Balaban J connectivity index is 1.27. The lowest BCUT2D eigenvalue weighted by Crippen LogP contribution is -2.34. The van der Waals surface area contributed by atoms with E-state index in [1.54, 1.807) is 24.3 Å². The first-order valence-electron chi connectivity index (χ1n) is 12.1. The monoisotopic (exact) mass is 531 g/mol. The molecular weight excluding hydrogens is 506 g/mol. The topological polar surface area (TPSA) is 134 Å². The molecule has 0 unspecified atom stereocenters. The van der Waals surface area contributed by atoms with Crippen molar-refractivity contribution in [2.45, 2.75) is 26.2 Å². The molecule has 1 saturated heterocycles. The summed E-state index contributed by atoms with van der Waals surface area (Å²) in [5.41, 5.74) is 3.69.